The Hall–Kier alpha value is -3.46. The molecule has 0 aliphatic rings. The standard InChI is InChI=1S/C21H20N2O6S/c1-13(30-21(25)22-12-24)9-15-6-7-17(19(10-15)26-3)28-11-16-14(2)29-20(23-16)18-5-4-8-27-18/h4-10,12H,11H2,1-3H3,(H,22,24,25)/b13-9+. The Bertz CT molecular complexity index is 1060. The van der Waals surface area contributed by atoms with E-state index in [1.54, 1.807) is 50.6 Å². The van der Waals surface area contributed by atoms with E-state index in [2.05, 4.69) is 10.3 Å². The zero-order valence-corrected chi connectivity index (χ0v) is 17.4. The number of hydrogen-bond acceptors (Lipinski definition) is 8. The van der Waals surface area contributed by atoms with E-state index in [1.807, 2.05) is 13.0 Å². The number of aromatic nitrogens is 1. The molecule has 0 radical (unpaired) electrons. The van der Waals surface area contributed by atoms with Gasteiger partial charge in [-0.25, -0.2) is 4.98 Å². The molecule has 3 aromatic rings. The Kier molecular flexibility index (Phi) is 6.97. The van der Waals surface area contributed by atoms with E-state index in [4.69, 9.17) is 18.3 Å². The van der Waals surface area contributed by atoms with Crippen LogP contribution in [0.25, 0.3) is 17.7 Å². The Morgan fingerprint density at radius 2 is 2.13 bits per heavy atom. The highest BCUT2D eigenvalue weighted by molar-refractivity contribution is 8.17. The van der Waals surface area contributed by atoms with Gasteiger partial charge in [0.15, 0.2) is 17.3 Å². The van der Waals surface area contributed by atoms with E-state index >= 15 is 0 Å². The molecule has 1 N–H and O–H groups in total. The molecule has 0 aliphatic carbocycles. The van der Waals surface area contributed by atoms with Crippen molar-refractivity contribution in [2.24, 2.45) is 0 Å². The van der Waals surface area contributed by atoms with Crippen molar-refractivity contribution in [1.29, 1.82) is 0 Å². The number of methoxy groups -OCH3 is 1. The number of nitrogens with zero attached hydrogens (tertiary/aromatic N) is 1. The van der Waals surface area contributed by atoms with E-state index in [1.165, 1.54) is 0 Å². The second kappa shape index (κ2) is 9.84. The first-order chi connectivity index (χ1) is 14.5. The number of amides is 2. The number of hydrogen-bond donors (Lipinski definition) is 1. The largest absolute Gasteiger partial charge is 0.493 e. The molecule has 0 fully saturated rings. The number of benzene rings is 1. The molecule has 0 unspecified atom stereocenters. The van der Waals surface area contributed by atoms with Crippen LogP contribution >= 0.6 is 11.8 Å². The number of aryl methyl sites for hydroxylation is 1. The van der Waals surface area contributed by atoms with Gasteiger partial charge in [0.1, 0.15) is 18.1 Å². The lowest BCUT2D eigenvalue weighted by Gasteiger charge is -2.11. The van der Waals surface area contributed by atoms with Gasteiger partial charge in [0.2, 0.25) is 6.41 Å². The molecule has 0 bridgehead atoms. The Morgan fingerprint density at radius 1 is 1.30 bits per heavy atom. The van der Waals surface area contributed by atoms with E-state index in [0.29, 0.717) is 45.9 Å². The fraction of sp³-hybridized carbons (Fsp3) is 0.190. The van der Waals surface area contributed by atoms with Crippen molar-refractivity contribution in [3.8, 4) is 23.1 Å². The third-order valence-electron chi connectivity index (χ3n) is 3.98. The summed E-state index contributed by atoms with van der Waals surface area (Å²) < 4.78 is 22.2. The summed E-state index contributed by atoms with van der Waals surface area (Å²) in [6.07, 6.45) is 3.71. The average molecular weight is 428 g/mol. The SMILES string of the molecule is COc1cc(/C=C(\C)SC(=O)NC=O)ccc1OCc1nc(-c2ccco2)oc1C. The van der Waals surface area contributed by atoms with E-state index in [0.717, 1.165) is 17.3 Å². The van der Waals surface area contributed by atoms with Gasteiger partial charge in [-0.3, -0.25) is 14.9 Å². The molecule has 2 heterocycles. The molecule has 2 amide bonds. The number of rotatable bonds is 8. The molecule has 9 heteroatoms. The van der Waals surface area contributed by atoms with Crippen LogP contribution in [0.15, 0.2) is 50.3 Å². The number of carbonyl (C=O) groups is 2. The number of nitrogens with one attached hydrogen (secondary N) is 1. The Morgan fingerprint density at radius 3 is 2.83 bits per heavy atom. The summed E-state index contributed by atoms with van der Waals surface area (Å²) in [6.45, 7) is 3.78. The normalized spacial score (nSPS) is 11.2. The first kappa shape index (κ1) is 21.3. The number of ether oxygens (including phenoxy) is 2. The van der Waals surface area contributed by atoms with Gasteiger partial charge in [0, 0.05) is 0 Å². The second-order valence-corrected chi connectivity index (χ2v) is 7.32. The molecular formula is C21H20N2O6S. The highest BCUT2D eigenvalue weighted by Crippen LogP contribution is 2.31. The minimum Gasteiger partial charge on any atom is -0.493 e. The average Bonchev–Trinajstić information content (AvgIpc) is 3.36. The third-order valence-corrected chi connectivity index (χ3v) is 4.72. The summed E-state index contributed by atoms with van der Waals surface area (Å²) in [7, 11) is 1.55. The molecular weight excluding hydrogens is 408 g/mol. The number of imide groups is 1. The summed E-state index contributed by atoms with van der Waals surface area (Å²) in [4.78, 5) is 26.9. The maximum Gasteiger partial charge on any atom is 0.289 e. The van der Waals surface area contributed by atoms with Crippen molar-refractivity contribution in [1.82, 2.24) is 10.3 Å². The van der Waals surface area contributed by atoms with Gasteiger partial charge in [-0.1, -0.05) is 6.07 Å². The minimum absolute atomic E-state index is 0.197. The molecule has 0 atom stereocenters. The number of allylic oxidation sites excluding steroid dienone is 1. The zero-order chi connectivity index (χ0) is 21.5. The lowest BCUT2D eigenvalue weighted by Crippen LogP contribution is -2.15. The number of furan rings is 1. The molecule has 0 aliphatic heterocycles. The number of oxazole rings is 1. The molecule has 1 aromatic carbocycles. The minimum atomic E-state index is -0.442. The fourth-order valence-corrected chi connectivity index (χ4v) is 3.19. The molecule has 0 saturated carbocycles. The molecule has 3 rings (SSSR count). The van der Waals surface area contributed by atoms with Gasteiger partial charge in [-0.2, -0.15) is 0 Å². The van der Waals surface area contributed by atoms with Gasteiger partial charge < -0.3 is 18.3 Å². The monoisotopic (exact) mass is 428 g/mol. The van der Waals surface area contributed by atoms with Crippen molar-refractivity contribution < 1.29 is 27.9 Å². The van der Waals surface area contributed by atoms with Gasteiger partial charge >= 0.3 is 0 Å². The molecule has 156 valence electrons. The lowest BCUT2D eigenvalue weighted by molar-refractivity contribution is -0.108. The predicted octanol–water partition coefficient (Wildman–Crippen LogP) is 4.79. The quantitative estimate of drug-likeness (QED) is 0.511. The number of thioether (sulfide) groups is 1. The molecule has 0 saturated heterocycles. The molecule has 0 spiro atoms. The van der Waals surface area contributed by atoms with Crippen molar-refractivity contribution in [3.05, 3.63) is 58.5 Å². The second-order valence-electron chi connectivity index (χ2n) is 6.10. The summed E-state index contributed by atoms with van der Waals surface area (Å²) in [5.41, 5.74) is 1.47. The number of carbonyl (C=O) groups excluding carboxylic acids is 2. The molecule has 2 aromatic heterocycles. The van der Waals surface area contributed by atoms with Crippen LogP contribution in [0, 0.1) is 6.92 Å². The van der Waals surface area contributed by atoms with Crippen LogP contribution in [0.5, 0.6) is 11.5 Å². The first-order valence-corrected chi connectivity index (χ1v) is 9.73. The third kappa shape index (κ3) is 5.32. The summed E-state index contributed by atoms with van der Waals surface area (Å²) in [5, 5.41) is 1.64. The van der Waals surface area contributed by atoms with Gasteiger partial charge in [0.05, 0.1) is 13.4 Å². The molecule has 30 heavy (non-hydrogen) atoms. The highest BCUT2D eigenvalue weighted by Gasteiger charge is 2.15. The maximum absolute atomic E-state index is 11.5. The maximum atomic E-state index is 11.5. The van der Waals surface area contributed by atoms with Crippen LogP contribution in [0.4, 0.5) is 4.79 Å². The van der Waals surface area contributed by atoms with Gasteiger partial charge in [-0.05, 0) is 66.4 Å². The van der Waals surface area contributed by atoms with Crippen molar-refractivity contribution >= 4 is 29.5 Å². The lowest BCUT2D eigenvalue weighted by atomic mass is 10.2. The van der Waals surface area contributed by atoms with Crippen LogP contribution in [0.3, 0.4) is 0 Å². The highest BCUT2D eigenvalue weighted by atomic mass is 32.2. The van der Waals surface area contributed by atoms with Crippen LogP contribution in [0.1, 0.15) is 23.9 Å². The topological polar surface area (TPSA) is 104 Å². The molecule has 8 nitrogen and oxygen atoms in total. The van der Waals surface area contributed by atoms with Crippen LogP contribution in [0.2, 0.25) is 0 Å². The summed E-state index contributed by atoms with van der Waals surface area (Å²) >= 11 is 0.928. The van der Waals surface area contributed by atoms with E-state index in [-0.39, 0.29) is 6.61 Å². The van der Waals surface area contributed by atoms with Crippen molar-refractivity contribution in [3.63, 3.8) is 0 Å². The summed E-state index contributed by atoms with van der Waals surface area (Å²) in [5.74, 6) is 2.66. The van der Waals surface area contributed by atoms with Gasteiger partial charge in [-0.15, -0.1) is 0 Å². The van der Waals surface area contributed by atoms with E-state index in [9.17, 15) is 9.59 Å². The van der Waals surface area contributed by atoms with Crippen molar-refractivity contribution in [2.45, 2.75) is 20.5 Å². The summed E-state index contributed by atoms with van der Waals surface area (Å²) in [6, 6.07) is 8.94. The predicted molar refractivity (Wildman–Crippen MR) is 112 cm³/mol. The zero-order valence-electron chi connectivity index (χ0n) is 16.6. The van der Waals surface area contributed by atoms with Crippen LogP contribution in [-0.4, -0.2) is 23.7 Å². The van der Waals surface area contributed by atoms with E-state index < -0.39 is 5.24 Å². The Labute approximate surface area is 177 Å². The van der Waals surface area contributed by atoms with Crippen LogP contribution in [-0.2, 0) is 11.4 Å². The fourth-order valence-electron chi connectivity index (χ4n) is 2.59. The smallest absolute Gasteiger partial charge is 0.289 e. The van der Waals surface area contributed by atoms with Crippen LogP contribution < -0.4 is 14.8 Å². The first-order valence-electron chi connectivity index (χ1n) is 8.91. The van der Waals surface area contributed by atoms with Crippen molar-refractivity contribution in [2.75, 3.05) is 7.11 Å². The van der Waals surface area contributed by atoms with Gasteiger partial charge in [0.25, 0.3) is 11.1 Å². The Balaban J connectivity index is 1.70.